The SMILES string of the molecule is C=CC[C@@H]1C[C@H](CCCCCC)O[C@H](C(C)C)O1. The van der Waals surface area contributed by atoms with Gasteiger partial charge in [-0.15, -0.1) is 6.58 Å². The van der Waals surface area contributed by atoms with Crippen molar-refractivity contribution in [2.24, 2.45) is 5.92 Å². The van der Waals surface area contributed by atoms with Gasteiger partial charge in [-0.3, -0.25) is 0 Å². The van der Waals surface area contributed by atoms with Crippen molar-refractivity contribution in [2.45, 2.75) is 84.2 Å². The molecule has 106 valence electrons. The van der Waals surface area contributed by atoms with Crippen molar-refractivity contribution in [2.75, 3.05) is 0 Å². The highest BCUT2D eigenvalue weighted by atomic mass is 16.7. The van der Waals surface area contributed by atoms with Crippen LogP contribution in [0.25, 0.3) is 0 Å². The summed E-state index contributed by atoms with van der Waals surface area (Å²) in [7, 11) is 0. The minimum atomic E-state index is -0.0279. The van der Waals surface area contributed by atoms with E-state index in [1.54, 1.807) is 0 Å². The molecule has 0 aromatic heterocycles. The molecule has 0 amide bonds. The fourth-order valence-electron chi connectivity index (χ4n) is 2.45. The van der Waals surface area contributed by atoms with E-state index in [1.165, 1.54) is 32.1 Å². The van der Waals surface area contributed by atoms with Crippen LogP contribution in [-0.4, -0.2) is 18.5 Å². The molecule has 1 aliphatic heterocycles. The molecule has 0 aromatic carbocycles. The second-order valence-electron chi connectivity index (χ2n) is 5.74. The van der Waals surface area contributed by atoms with Crippen molar-refractivity contribution in [3.05, 3.63) is 12.7 Å². The lowest BCUT2D eigenvalue weighted by Gasteiger charge is -2.37. The normalized spacial score (nSPS) is 28.6. The first-order valence-corrected chi connectivity index (χ1v) is 7.59. The number of unbranched alkanes of at least 4 members (excludes halogenated alkanes) is 3. The number of ether oxygens (including phenoxy) is 2. The highest BCUT2D eigenvalue weighted by Gasteiger charge is 2.30. The molecule has 0 bridgehead atoms. The molecule has 0 aromatic rings. The maximum Gasteiger partial charge on any atom is 0.160 e. The third-order valence-electron chi connectivity index (χ3n) is 3.53. The summed E-state index contributed by atoms with van der Waals surface area (Å²) in [6.07, 6.45) is 11.0. The van der Waals surface area contributed by atoms with E-state index in [-0.39, 0.29) is 6.29 Å². The summed E-state index contributed by atoms with van der Waals surface area (Å²) in [5.74, 6) is 0.427. The van der Waals surface area contributed by atoms with E-state index in [1.807, 2.05) is 6.08 Å². The lowest BCUT2D eigenvalue weighted by atomic mass is 10.0. The average molecular weight is 254 g/mol. The molecule has 0 spiro atoms. The van der Waals surface area contributed by atoms with Crippen LogP contribution in [0.1, 0.15) is 65.7 Å². The Hall–Kier alpha value is -0.340. The van der Waals surface area contributed by atoms with E-state index in [9.17, 15) is 0 Å². The van der Waals surface area contributed by atoms with Gasteiger partial charge in [0, 0.05) is 12.3 Å². The fraction of sp³-hybridized carbons (Fsp3) is 0.875. The first kappa shape index (κ1) is 15.7. The van der Waals surface area contributed by atoms with Crippen LogP contribution < -0.4 is 0 Å². The van der Waals surface area contributed by atoms with Gasteiger partial charge in [0.2, 0.25) is 0 Å². The second kappa shape index (κ2) is 8.71. The molecule has 3 atom stereocenters. The predicted molar refractivity (Wildman–Crippen MR) is 76.6 cm³/mol. The zero-order chi connectivity index (χ0) is 13.4. The summed E-state index contributed by atoms with van der Waals surface area (Å²) in [5.41, 5.74) is 0. The van der Waals surface area contributed by atoms with Crippen molar-refractivity contribution in [1.82, 2.24) is 0 Å². The van der Waals surface area contributed by atoms with Crippen molar-refractivity contribution < 1.29 is 9.47 Å². The molecule has 0 saturated carbocycles. The molecule has 1 fully saturated rings. The molecular weight excluding hydrogens is 224 g/mol. The molecule has 18 heavy (non-hydrogen) atoms. The van der Waals surface area contributed by atoms with Crippen LogP contribution in [0.2, 0.25) is 0 Å². The predicted octanol–water partition coefficient (Wildman–Crippen LogP) is 4.69. The van der Waals surface area contributed by atoms with Gasteiger partial charge in [0.05, 0.1) is 12.2 Å². The third-order valence-corrected chi connectivity index (χ3v) is 3.53. The molecule has 1 rings (SSSR count). The molecule has 0 N–H and O–H groups in total. The molecule has 2 heteroatoms. The summed E-state index contributed by atoms with van der Waals surface area (Å²) >= 11 is 0. The first-order chi connectivity index (χ1) is 8.67. The number of hydrogen-bond acceptors (Lipinski definition) is 2. The van der Waals surface area contributed by atoms with Crippen LogP contribution in [0.15, 0.2) is 12.7 Å². The highest BCUT2D eigenvalue weighted by Crippen LogP contribution is 2.27. The summed E-state index contributed by atoms with van der Waals surface area (Å²) < 4.78 is 12.0. The zero-order valence-corrected chi connectivity index (χ0v) is 12.4. The van der Waals surface area contributed by atoms with Crippen LogP contribution in [0.5, 0.6) is 0 Å². The molecule has 0 aliphatic carbocycles. The van der Waals surface area contributed by atoms with E-state index in [2.05, 4.69) is 27.4 Å². The zero-order valence-electron chi connectivity index (χ0n) is 12.4. The van der Waals surface area contributed by atoms with Gasteiger partial charge in [0.1, 0.15) is 0 Å². The van der Waals surface area contributed by atoms with Crippen LogP contribution >= 0.6 is 0 Å². The van der Waals surface area contributed by atoms with Gasteiger partial charge in [-0.1, -0.05) is 52.5 Å². The molecule has 2 nitrogen and oxygen atoms in total. The monoisotopic (exact) mass is 254 g/mol. The lowest BCUT2D eigenvalue weighted by molar-refractivity contribution is -0.259. The van der Waals surface area contributed by atoms with Gasteiger partial charge in [-0.05, 0) is 12.8 Å². The molecule has 0 radical (unpaired) electrons. The van der Waals surface area contributed by atoms with E-state index in [4.69, 9.17) is 9.47 Å². The largest absolute Gasteiger partial charge is 0.349 e. The van der Waals surface area contributed by atoms with E-state index in [0.717, 1.165) is 12.8 Å². The molecular formula is C16H30O2. The van der Waals surface area contributed by atoms with Crippen molar-refractivity contribution in [1.29, 1.82) is 0 Å². The van der Waals surface area contributed by atoms with Crippen molar-refractivity contribution in [3.63, 3.8) is 0 Å². The van der Waals surface area contributed by atoms with Gasteiger partial charge in [0.25, 0.3) is 0 Å². The van der Waals surface area contributed by atoms with Crippen molar-refractivity contribution >= 4 is 0 Å². The standard InChI is InChI=1S/C16H30O2/c1-5-7-8-9-11-15-12-14(10-6-2)17-16(18-15)13(3)4/h6,13-16H,2,5,7-12H2,1,3-4H3/t14-,15+,16-/m1/s1. The van der Waals surface area contributed by atoms with Gasteiger partial charge < -0.3 is 9.47 Å². The number of hydrogen-bond donors (Lipinski definition) is 0. The summed E-state index contributed by atoms with van der Waals surface area (Å²) in [6.45, 7) is 10.4. The summed E-state index contributed by atoms with van der Waals surface area (Å²) in [6, 6.07) is 0. The van der Waals surface area contributed by atoms with E-state index < -0.39 is 0 Å². The smallest absolute Gasteiger partial charge is 0.160 e. The Morgan fingerprint density at radius 2 is 1.89 bits per heavy atom. The summed E-state index contributed by atoms with van der Waals surface area (Å²) in [5, 5.41) is 0. The maximum atomic E-state index is 6.05. The Morgan fingerprint density at radius 3 is 2.50 bits per heavy atom. The van der Waals surface area contributed by atoms with Gasteiger partial charge >= 0.3 is 0 Å². The Kier molecular flexibility index (Phi) is 7.60. The van der Waals surface area contributed by atoms with Gasteiger partial charge in [0.15, 0.2) is 6.29 Å². The minimum absolute atomic E-state index is 0.0279. The molecule has 1 heterocycles. The molecule has 1 saturated heterocycles. The Labute approximate surface area is 113 Å². The third kappa shape index (κ3) is 5.53. The highest BCUT2D eigenvalue weighted by molar-refractivity contribution is 4.80. The lowest BCUT2D eigenvalue weighted by Crippen LogP contribution is -2.40. The van der Waals surface area contributed by atoms with Gasteiger partial charge in [-0.2, -0.15) is 0 Å². The minimum Gasteiger partial charge on any atom is -0.349 e. The average Bonchev–Trinajstić information content (AvgIpc) is 2.35. The molecule has 0 unspecified atom stereocenters. The fourth-order valence-corrected chi connectivity index (χ4v) is 2.45. The topological polar surface area (TPSA) is 18.5 Å². The second-order valence-corrected chi connectivity index (χ2v) is 5.74. The van der Waals surface area contributed by atoms with Crippen LogP contribution in [0.3, 0.4) is 0 Å². The first-order valence-electron chi connectivity index (χ1n) is 7.59. The van der Waals surface area contributed by atoms with Crippen LogP contribution in [0, 0.1) is 5.92 Å². The van der Waals surface area contributed by atoms with Crippen LogP contribution in [0.4, 0.5) is 0 Å². The number of rotatable bonds is 8. The maximum absolute atomic E-state index is 6.05. The van der Waals surface area contributed by atoms with Gasteiger partial charge in [-0.25, -0.2) is 0 Å². The Morgan fingerprint density at radius 1 is 1.17 bits per heavy atom. The molecule has 1 aliphatic rings. The van der Waals surface area contributed by atoms with Crippen molar-refractivity contribution in [3.8, 4) is 0 Å². The Bertz CT molecular complexity index is 225. The van der Waals surface area contributed by atoms with E-state index >= 15 is 0 Å². The quantitative estimate of drug-likeness (QED) is 0.462. The summed E-state index contributed by atoms with van der Waals surface area (Å²) in [4.78, 5) is 0. The van der Waals surface area contributed by atoms with E-state index in [0.29, 0.717) is 18.1 Å². The Balaban J connectivity index is 2.37. The van der Waals surface area contributed by atoms with Crippen LogP contribution in [-0.2, 0) is 9.47 Å².